The van der Waals surface area contributed by atoms with Crippen LogP contribution in [0.4, 0.5) is 11.6 Å². The summed E-state index contributed by atoms with van der Waals surface area (Å²) in [5.41, 5.74) is 10.6. The number of fused-ring (bicyclic) bond motifs is 2. The third kappa shape index (κ3) is 9.81. The van der Waals surface area contributed by atoms with Crippen LogP contribution in [0.15, 0.2) is 41.1 Å². The van der Waals surface area contributed by atoms with Gasteiger partial charge in [-0.05, 0) is 6.92 Å². The number of anilines is 2. The molecular formula is C30H39N12O20P3. The van der Waals surface area contributed by atoms with Gasteiger partial charge < -0.3 is 60.6 Å². The molecule has 5 aromatic heterocycles. The van der Waals surface area contributed by atoms with Crippen LogP contribution in [-0.2, 0) is 50.5 Å². The Morgan fingerprint density at radius 3 is 1.68 bits per heavy atom. The van der Waals surface area contributed by atoms with E-state index in [9.17, 15) is 58.2 Å². The van der Waals surface area contributed by atoms with Crippen molar-refractivity contribution in [1.82, 2.24) is 48.6 Å². The number of nitrogens with two attached hydrogens (primary N) is 2. The zero-order valence-electron chi connectivity index (χ0n) is 33.0. The Kier molecular flexibility index (Phi) is 13.0. The maximum absolute atomic E-state index is 13.6. The van der Waals surface area contributed by atoms with Crippen LogP contribution in [0.1, 0.15) is 30.7 Å². The smallest absolute Gasteiger partial charge is 0.390 e. The first-order valence-corrected chi connectivity index (χ1v) is 23.3. The molecule has 3 aliphatic rings. The van der Waals surface area contributed by atoms with Gasteiger partial charge in [0.15, 0.2) is 35.4 Å². The molecule has 0 bridgehead atoms. The van der Waals surface area contributed by atoms with Gasteiger partial charge in [-0.15, -0.1) is 0 Å². The molecule has 354 valence electrons. The van der Waals surface area contributed by atoms with Gasteiger partial charge in [0.2, 0.25) is 0 Å². The van der Waals surface area contributed by atoms with E-state index >= 15 is 0 Å². The van der Waals surface area contributed by atoms with Crippen molar-refractivity contribution in [3.8, 4) is 0 Å². The van der Waals surface area contributed by atoms with Crippen LogP contribution in [0.2, 0.25) is 0 Å². The maximum atomic E-state index is 13.6. The number of aliphatic hydroxyl groups is 3. The number of phosphoric acid groups is 3. The molecule has 32 nitrogen and oxygen atoms in total. The lowest BCUT2D eigenvalue weighted by molar-refractivity contribution is -0.0609. The van der Waals surface area contributed by atoms with Crippen molar-refractivity contribution in [3.05, 3.63) is 57.9 Å². The van der Waals surface area contributed by atoms with Crippen LogP contribution in [0.25, 0.3) is 22.3 Å². The molecule has 3 aliphatic heterocycles. The first kappa shape index (κ1) is 47.0. The predicted molar refractivity (Wildman–Crippen MR) is 209 cm³/mol. The summed E-state index contributed by atoms with van der Waals surface area (Å²) in [6.07, 6.45) is -12.8. The van der Waals surface area contributed by atoms with Gasteiger partial charge in [0.25, 0.3) is 5.56 Å². The van der Waals surface area contributed by atoms with Crippen LogP contribution in [-0.4, -0.2) is 152 Å². The van der Waals surface area contributed by atoms with E-state index in [1.807, 2.05) is 0 Å². The second-order valence-corrected chi connectivity index (χ2v) is 18.7. The van der Waals surface area contributed by atoms with Gasteiger partial charge in [-0.25, -0.2) is 48.4 Å². The molecule has 0 amide bonds. The number of nitrogens with one attached hydrogen (secondary N) is 1. The summed E-state index contributed by atoms with van der Waals surface area (Å²) in [6, 6.07) is 0. The fourth-order valence-electron chi connectivity index (χ4n) is 7.25. The van der Waals surface area contributed by atoms with E-state index in [1.54, 1.807) is 0 Å². The molecule has 12 N–H and O–H groups in total. The van der Waals surface area contributed by atoms with Crippen molar-refractivity contribution in [1.29, 1.82) is 0 Å². The summed E-state index contributed by atoms with van der Waals surface area (Å²) in [5, 5.41) is 33.6. The third-order valence-electron chi connectivity index (χ3n) is 10.3. The van der Waals surface area contributed by atoms with Crippen LogP contribution in [0.5, 0.6) is 0 Å². The number of hydrogen-bond acceptors (Lipinski definition) is 24. The highest BCUT2D eigenvalue weighted by atomic mass is 31.2. The number of nitrogens with zero attached hydrogens (tertiary/aromatic N) is 9. The normalized spacial score (nSPS) is 30.3. The highest BCUT2D eigenvalue weighted by Gasteiger charge is 2.53. The topological polar surface area (TPSA) is 461 Å². The number of rotatable bonds is 16. The van der Waals surface area contributed by atoms with Crippen molar-refractivity contribution in [2.24, 2.45) is 0 Å². The van der Waals surface area contributed by atoms with Gasteiger partial charge in [-0.1, -0.05) is 0 Å². The van der Waals surface area contributed by atoms with E-state index in [0.717, 1.165) is 39.0 Å². The molecule has 0 saturated carbocycles. The molecule has 2 unspecified atom stereocenters. The van der Waals surface area contributed by atoms with E-state index in [2.05, 4.69) is 39.4 Å². The third-order valence-corrected chi connectivity index (χ3v) is 12.8. The SMILES string of the molecule is Cc1cn([C@H]2C[C@H](O)[C@@H](COP(=O)(O)O[C@H]3[C@@H](O)[C@H](n4cnc5c(N)ncnc54)O[C@@H]3COP(=O)(O)O[C@H]3[C@@H](O)[C@H](n4cnc5c(N)ncnc54)O[C@@H]3COP(=O)(O)O)O2)c(=O)[nH]c1=O. The Balaban J connectivity index is 0.998. The molecule has 3 fully saturated rings. The fourth-order valence-corrected chi connectivity index (χ4v) is 9.52. The summed E-state index contributed by atoms with van der Waals surface area (Å²) >= 11 is 0. The van der Waals surface area contributed by atoms with E-state index in [4.69, 9.17) is 43.8 Å². The van der Waals surface area contributed by atoms with Gasteiger partial charge >= 0.3 is 29.2 Å². The standard InChI is InChI=1S/C30H39N12O20P3/c1-11-3-40(30(47)39-27(11)46)16-2-12(43)13(58-16)4-56-64(51,52)62-22-15(60-29(20(22)45)42-10-38-18-24(32)34-8-36-26(18)42)6-57-65(53,54)61-21-14(5-55-63(48,49)50)59-28(19(21)44)41-9-37-17-23(31)33-7-35-25(17)41/h3,7-10,12-16,19-22,28-29,43-45H,2,4-6H2,1H3,(H,51,52)(H,53,54)(H2,31,33,35)(H2,32,34,36)(H,39,46,47)(H2,48,49,50)/t12-,13+,14+,15+,16+,19+,20+,21+,22+,28+,29+/m0/s1. The average molecular weight is 981 g/mol. The molecule has 3 saturated heterocycles. The summed E-state index contributed by atoms with van der Waals surface area (Å²) in [4.78, 5) is 90.9. The van der Waals surface area contributed by atoms with Gasteiger partial charge in [-0.3, -0.25) is 46.1 Å². The van der Waals surface area contributed by atoms with Crippen LogP contribution in [0.3, 0.4) is 0 Å². The summed E-state index contributed by atoms with van der Waals surface area (Å²) in [5.74, 6) is -0.119. The Morgan fingerprint density at radius 1 is 0.708 bits per heavy atom. The average Bonchev–Trinajstić information content (AvgIpc) is 4.06. The Labute approximate surface area is 361 Å². The van der Waals surface area contributed by atoms with E-state index < -0.39 is 122 Å². The first-order chi connectivity index (χ1) is 30.6. The van der Waals surface area contributed by atoms with Crippen LogP contribution < -0.4 is 22.7 Å². The number of nitrogen functional groups attached to an aromatic ring is 2. The maximum Gasteiger partial charge on any atom is 0.472 e. The predicted octanol–water partition coefficient (Wildman–Crippen LogP) is -3.03. The van der Waals surface area contributed by atoms with Crippen molar-refractivity contribution in [2.75, 3.05) is 31.3 Å². The molecule has 65 heavy (non-hydrogen) atoms. The molecule has 13 atom stereocenters. The number of phosphoric ester groups is 3. The largest absolute Gasteiger partial charge is 0.472 e. The number of aromatic amines is 1. The highest BCUT2D eigenvalue weighted by molar-refractivity contribution is 7.47. The van der Waals surface area contributed by atoms with Gasteiger partial charge in [0.1, 0.15) is 72.6 Å². The number of aryl methyl sites for hydroxylation is 1. The molecule has 0 radical (unpaired) electrons. The lowest BCUT2D eigenvalue weighted by Crippen LogP contribution is -2.37. The second kappa shape index (κ2) is 17.9. The summed E-state index contributed by atoms with van der Waals surface area (Å²) in [7, 11) is -16.0. The number of ether oxygens (including phenoxy) is 3. The van der Waals surface area contributed by atoms with E-state index in [0.29, 0.717) is 0 Å². The summed E-state index contributed by atoms with van der Waals surface area (Å²) in [6.45, 7) is -1.49. The van der Waals surface area contributed by atoms with Crippen molar-refractivity contribution in [2.45, 2.75) is 80.9 Å². The van der Waals surface area contributed by atoms with E-state index in [1.165, 1.54) is 13.1 Å². The number of aliphatic hydroxyl groups excluding tert-OH is 3. The Bertz CT molecular complexity index is 2840. The molecule has 8 heterocycles. The van der Waals surface area contributed by atoms with Crippen LogP contribution >= 0.6 is 23.5 Å². The zero-order valence-corrected chi connectivity index (χ0v) is 35.7. The van der Waals surface area contributed by atoms with Crippen molar-refractivity contribution in [3.63, 3.8) is 0 Å². The number of H-pyrrole nitrogens is 1. The molecule has 0 aromatic carbocycles. The molecule has 0 spiro atoms. The number of aromatic nitrogens is 10. The number of hydrogen-bond donors (Lipinski definition) is 10. The van der Waals surface area contributed by atoms with Crippen molar-refractivity contribution < 1.29 is 85.4 Å². The molecule has 8 rings (SSSR count). The molecular weight excluding hydrogens is 941 g/mol. The Morgan fingerprint density at radius 2 is 1.18 bits per heavy atom. The summed E-state index contributed by atoms with van der Waals surface area (Å²) < 4.78 is 84.9. The second-order valence-electron chi connectivity index (χ2n) is 14.6. The van der Waals surface area contributed by atoms with Crippen LogP contribution in [0, 0.1) is 6.92 Å². The quantitative estimate of drug-likeness (QED) is 0.0440. The first-order valence-electron chi connectivity index (χ1n) is 18.8. The van der Waals surface area contributed by atoms with Gasteiger partial charge in [-0.2, -0.15) is 0 Å². The Hall–Kier alpha value is -4.53. The van der Waals surface area contributed by atoms with E-state index in [-0.39, 0.29) is 45.9 Å². The highest BCUT2D eigenvalue weighted by Crippen LogP contribution is 2.53. The van der Waals surface area contributed by atoms with Crippen molar-refractivity contribution >= 4 is 57.4 Å². The minimum atomic E-state index is -5.47. The monoisotopic (exact) mass is 980 g/mol. The van der Waals surface area contributed by atoms with Gasteiger partial charge in [0.05, 0.1) is 38.6 Å². The lowest BCUT2D eigenvalue weighted by atomic mass is 10.1. The fraction of sp³-hybridized carbons (Fsp3) is 0.533. The number of imidazole rings is 2. The molecule has 35 heteroatoms. The minimum Gasteiger partial charge on any atom is -0.390 e. The minimum absolute atomic E-state index is 0.00772. The molecule has 0 aliphatic carbocycles. The molecule has 5 aromatic rings. The zero-order chi connectivity index (χ0) is 46.7. The van der Waals surface area contributed by atoms with Gasteiger partial charge in [0, 0.05) is 18.2 Å². The lowest BCUT2D eigenvalue weighted by Gasteiger charge is -2.26.